The number of nitrogens with two attached hydrogens (primary N) is 1. The zero-order valence-electron chi connectivity index (χ0n) is 9.34. The van der Waals surface area contributed by atoms with Crippen molar-refractivity contribution in [1.29, 1.82) is 0 Å². The van der Waals surface area contributed by atoms with Gasteiger partial charge in [-0.25, -0.2) is 9.97 Å². The molecule has 0 saturated heterocycles. The van der Waals surface area contributed by atoms with Gasteiger partial charge in [-0.2, -0.15) is 0 Å². The summed E-state index contributed by atoms with van der Waals surface area (Å²) < 4.78 is 5.47. The van der Waals surface area contributed by atoms with Gasteiger partial charge in [-0.3, -0.25) is 0 Å². The van der Waals surface area contributed by atoms with Gasteiger partial charge in [0.15, 0.2) is 0 Å². The molecule has 0 aliphatic carbocycles. The molecule has 1 aliphatic heterocycles. The number of aromatic nitrogens is 2. The molecule has 1 unspecified atom stereocenters. The summed E-state index contributed by atoms with van der Waals surface area (Å²) in [4.78, 5) is 8.36. The van der Waals surface area contributed by atoms with Crippen LogP contribution in [0.15, 0.2) is 36.7 Å². The van der Waals surface area contributed by atoms with Crippen molar-refractivity contribution in [2.24, 2.45) is 5.73 Å². The molecule has 2 N–H and O–H groups in total. The summed E-state index contributed by atoms with van der Waals surface area (Å²) in [7, 11) is 0. The maximum atomic E-state index is 6.14. The van der Waals surface area contributed by atoms with E-state index in [2.05, 4.69) is 16.0 Å². The molecular weight excluding hydrogens is 214 g/mol. The fourth-order valence-corrected chi connectivity index (χ4v) is 2.02. The number of ether oxygens (including phenoxy) is 1. The van der Waals surface area contributed by atoms with E-state index in [1.54, 1.807) is 18.5 Å². The molecule has 1 aromatic heterocycles. The zero-order valence-corrected chi connectivity index (χ0v) is 9.34. The number of benzene rings is 1. The Labute approximate surface area is 99.5 Å². The molecule has 0 saturated carbocycles. The van der Waals surface area contributed by atoms with Crippen LogP contribution in [0.4, 0.5) is 0 Å². The normalized spacial score (nSPS) is 15.1. The third-order valence-corrected chi connectivity index (χ3v) is 2.94. The lowest BCUT2D eigenvalue weighted by Crippen LogP contribution is -2.15. The molecule has 2 heterocycles. The van der Waals surface area contributed by atoms with E-state index in [9.17, 15) is 0 Å². The Kier molecular flexibility index (Phi) is 2.49. The van der Waals surface area contributed by atoms with E-state index in [4.69, 9.17) is 10.5 Å². The van der Waals surface area contributed by atoms with E-state index in [0.717, 1.165) is 24.3 Å². The third kappa shape index (κ3) is 1.87. The molecule has 0 amide bonds. The van der Waals surface area contributed by atoms with Crippen LogP contribution in [0.3, 0.4) is 0 Å². The van der Waals surface area contributed by atoms with Crippen molar-refractivity contribution >= 4 is 0 Å². The SMILES string of the molecule is NC(c1ccc2c(c1)CCO2)c1ncccn1. The number of hydrogen-bond acceptors (Lipinski definition) is 4. The molecular formula is C13H13N3O. The van der Waals surface area contributed by atoms with Gasteiger partial charge in [0, 0.05) is 18.8 Å². The molecule has 4 heteroatoms. The summed E-state index contributed by atoms with van der Waals surface area (Å²) in [5, 5.41) is 0. The van der Waals surface area contributed by atoms with Gasteiger partial charge in [0.2, 0.25) is 0 Å². The monoisotopic (exact) mass is 227 g/mol. The van der Waals surface area contributed by atoms with Crippen molar-refractivity contribution < 1.29 is 4.74 Å². The molecule has 1 atom stereocenters. The van der Waals surface area contributed by atoms with Crippen molar-refractivity contribution in [2.45, 2.75) is 12.5 Å². The van der Waals surface area contributed by atoms with Gasteiger partial charge in [-0.1, -0.05) is 6.07 Å². The lowest BCUT2D eigenvalue weighted by atomic mass is 10.0. The van der Waals surface area contributed by atoms with Crippen LogP contribution in [0.25, 0.3) is 0 Å². The second-order valence-electron chi connectivity index (χ2n) is 4.05. The van der Waals surface area contributed by atoms with Crippen LogP contribution in [0.1, 0.15) is 23.0 Å². The minimum Gasteiger partial charge on any atom is -0.493 e. The smallest absolute Gasteiger partial charge is 0.149 e. The van der Waals surface area contributed by atoms with Gasteiger partial charge in [0.25, 0.3) is 0 Å². The van der Waals surface area contributed by atoms with Gasteiger partial charge < -0.3 is 10.5 Å². The van der Waals surface area contributed by atoms with Gasteiger partial charge in [-0.05, 0) is 29.3 Å². The Morgan fingerprint density at radius 3 is 2.88 bits per heavy atom. The fraction of sp³-hybridized carbons (Fsp3) is 0.231. The first-order chi connectivity index (χ1) is 8.34. The van der Waals surface area contributed by atoms with E-state index in [-0.39, 0.29) is 6.04 Å². The van der Waals surface area contributed by atoms with E-state index in [1.807, 2.05) is 12.1 Å². The molecule has 17 heavy (non-hydrogen) atoms. The topological polar surface area (TPSA) is 61.0 Å². The van der Waals surface area contributed by atoms with Gasteiger partial charge >= 0.3 is 0 Å². The van der Waals surface area contributed by atoms with Crippen molar-refractivity contribution in [3.05, 3.63) is 53.6 Å². The molecule has 1 aliphatic rings. The highest BCUT2D eigenvalue weighted by atomic mass is 16.5. The summed E-state index contributed by atoms with van der Waals surface area (Å²) in [6.45, 7) is 0.760. The van der Waals surface area contributed by atoms with E-state index < -0.39 is 0 Å². The molecule has 3 rings (SSSR count). The minimum atomic E-state index is -0.276. The number of fused-ring (bicyclic) bond motifs is 1. The molecule has 0 spiro atoms. The highest BCUT2D eigenvalue weighted by Crippen LogP contribution is 2.28. The second kappa shape index (κ2) is 4.14. The maximum absolute atomic E-state index is 6.14. The number of nitrogens with zero attached hydrogens (tertiary/aromatic N) is 2. The Morgan fingerprint density at radius 2 is 2.06 bits per heavy atom. The van der Waals surface area contributed by atoms with Crippen LogP contribution < -0.4 is 10.5 Å². The van der Waals surface area contributed by atoms with E-state index in [1.165, 1.54) is 5.56 Å². The molecule has 0 fully saturated rings. The molecule has 0 radical (unpaired) electrons. The van der Waals surface area contributed by atoms with Crippen molar-refractivity contribution in [3.8, 4) is 5.75 Å². The summed E-state index contributed by atoms with van der Waals surface area (Å²) in [6, 6.07) is 7.55. The van der Waals surface area contributed by atoms with Crippen LogP contribution in [0.5, 0.6) is 5.75 Å². The zero-order chi connectivity index (χ0) is 11.7. The van der Waals surface area contributed by atoms with Gasteiger partial charge in [-0.15, -0.1) is 0 Å². The van der Waals surface area contributed by atoms with Crippen molar-refractivity contribution in [3.63, 3.8) is 0 Å². The number of rotatable bonds is 2. The van der Waals surface area contributed by atoms with Crippen molar-refractivity contribution in [1.82, 2.24) is 9.97 Å². The van der Waals surface area contributed by atoms with Crippen LogP contribution in [0, 0.1) is 0 Å². The lowest BCUT2D eigenvalue weighted by molar-refractivity contribution is 0.357. The highest BCUT2D eigenvalue weighted by Gasteiger charge is 2.16. The van der Waals surface area contributed by atoms with Crippen LogP contribution >= 0.6 is 0 Å². The van der Waals surface area contributed by atoms with Crippen LogP contribution in [0.2, 0.25) is 0 Å². The van der Waals surface area contributed by atoms with Crippen LogP contribution in [-0.4, -0.2) is 16.6 Å². The standard InChI is InChI=1S/C13H13N3O/c14-12(13-15-5-1-6-16-13)10-2-3-11-9(8-10)4-7-17-11/h1-3,5-6,8,12H,4,7,14H2. The highest BCUT2D eigenvalue weighted by molar-refractivity contribution is 5.41. The Hall–Kier alpha value is -1.94. The Morgan fingerprint density at radius 1 is 1.24 bits per heavy atom. The quantitative estimate of drug-likeness (QED) is 0.843. The molecule has 86 valence electrons. The molecule has 1 aromatic carbocycles. The molecule has 0 bridgehead atoms. The maximum Gasteiger partial charge on any atom is 0.149 e. The average Bonchev–Trinajstić information content (AvgIpc) is 2.86. The van der Waals surface area contributed by atoms with Gasteiger partial charge in [0.1, 0.15) is 11.6 Å². The Bertz CT molecular complexity index is 527. The predicted octanol–water partition coefficient (Wildman–Crippen LogP) is 1.46. The summed E-state index contributed by atoms with van der Waals surface area (Å²) in [6.07, 6.45) is 4.36. The number of hydrogen-bond donors (Lipinski definition) is 1. The largest absolute Gasteiger partial charge is 0.493 e. The van der Waals surface area contributed by atoms with Gasteiger partial charge in [0.05, 0.1) is 12.6 Å². The van der Waals surface area contributed by atoms with E-state index in [0.29, 0.717) is 5.82 Å². The van der Waals surface area contributed by atoms with Crippen molar-refractivity contribution in [2.75, 3.05) is 6.61 Å². The first-order valence-corrected chi connectivity index (χ1v) is 5.63. The molecule has 4 nitrogen and oxygen atoms in total. The first-order valence-electron chi connectivity index (χ1n) is 5.63. The van der Waals surface area contributed by atoms with Crippen LogP contribution in [-0.2, 0) is 6.42 Å². The second-order valence-corrected chi connectivity index (χ2v) is 4.05. The average molecular weight is 227 g/mol. The summed E-state index contributed by atoms with van der Waals surface area (Å²) in [5.41, 5.74) is 8.39. The Balaban J connectivity index is 1.94. The summed E-state index contributed by atoms with van der Waals surface area (Å²) in [5.74, 6) is 1.61. The summed E-state index contributed by atoms with van der Waals surface area (Å²) >= 11 is 0. The minimum absolute atomic E-state index is 0.276. The van der Waals surface area contributed by atoms with E-state index >= 15 is 0 Å². The first kappa shape index (κ1) is 10.2. The predicted molar refractivity (Wildman–Crippen MR) is 63.7 cm³/mol. The fourth-order valence-electron chi connectivity index (χ4n) is 2.02. The third-order valence-electron chi connectivity index (χ3n) is 2.94. The molecule has 2 aromatic rings. The lowest BCUT2D eigenvalue weighted by Gasteiger charge is -2.11.